The fourth-order valence-electron chi connectivity index (χ4n) is 3.23. The van der Waals surface area contributed by atoms with E-state index in [9.17, 15) is 5.11 Å². The number of hydrogen-bond acceptors (Lipinski definition) is 6. The Hall–Kier alpha value is -3.01. The number of nitriles is 1. The summed E-state index contributed by atoms with van der Waals surface area (Å²) in [7, 11) is 0. The monoisotopic (exact) mass is 346 g/mol. The van der Waals surface area contributed by atoms with Gasteiger partial charge in [-0.2, -0.15) is 5.26 Å². The summed E-state index contributed by atoms with van der Waals surface area (Å²) in [6, 6.07) is 17.1. The lowest BCUT2D eigenvalue weighted by Crippen LogP contribution is -2.23. The minimum absolute atomic E-state index is 0.437. The van der Waals surface area contributed by atoms with Gasteiger partial charge in [0.15, 0.2) is 0 Å². The van der Waals surface area contributed by atoms with Gasteiger partial charge in [0.25, 0.3) is 0 Å². The van der Waals surface area contributed by atoms with Crippen LogP contribution >= 0.6 is 0 Å². The van der Waals surface area contributed by atoms with E-state index in [1.54, 1.807) is 24.3 Å². The third-order valence-corrected chi connectivity index (χ3v) is 4.61. The Balaban J connectivity index is 1.50. The average Bonchev–Trinajstić information content (AvgIpc) is 3.08. The minimum atomic E-state index is -0.437. The fraction of sp³-hybridized carbons (Fsp3) is 0.250. The Morgan fingerprint density at radius 3 is 2.77 bits per heavy atom. The maximum Gasteiger partial charge on any atom is 0.247 e. The molecule has 1 unspecified atom stereocenters. The largest absolute Gasteiger partial charge is 0.419 e. The zero-order chi connectivity index (χ0) is 17.9. The molecule has 0 amide bonds. The molecule has 4 rings (SSSR count). The van der Waals surface area contributed by atoms with Crippen molar-refractivity contribution in [2.75, 3.05) is 6.54 Å². The molecular weight excluding hydrogens is 328 g/mol. The van der Waals surface area contributed by atoms with Crippen LogP contribution in [0.25, 0.3) is 11.5 Å². The summed E-state index contributed by atoms with van der Waals surface area (Å²) >= 11 is 0. The molecule has 1 aliphatic rings. The Morgan fingerprint density at radius 2 is 1.96 bits per heavy atom. The molecule has 6 nitrogen and oxygen atoms in total. The maximum absolute atomic E-state index is 10.3. The molecule has 1 atom stereocenters. The Kier molecular flexibility index (Phi) is 4.48. The fourth-order valence-corrected chi connectivity index (χ4v) is 3.23. The van der Waals surface area contributed by atoms with Crippen LogP contribution in [0.2, 0.25) is 0 Å². The van der Waals surface area contributed by atoms with Gasteiger partial charge in [0, 0.05) is 18.7 Å². The molecule has 0 fully saturated rings. The minimum Gasteiger partial charge on any atom is -0.419 e. The van der Waals surface area contributed by atoms with Crippen LogP contribution in [0.5, 0.6) is 0 Å². The molecule has 26 heavy (non-hydrogen) atoms. The van der Waals surface area contributed by atoms with Crippen LogP contribution in [0, 0.1) is 11.3 Å². The van der Waals surface area contributed by atoms with Crippen LogP contribution in [0.15, 0.2) is 52.9 Å². The summed E-state index contributed by atoms with van der Waals surface area (Å²) < 4.78 is 5.79. The second-order valence-corrected chi connectivity index (χ2v) is 6.40. The number of aliphatic hydroxyl groups excluding tert-OH is 1. The van der Waals surface area contributed by atoms with Crippen LogP contribution in [0.1, 0.15) is 35.1 Å². The highest BCUT2D eigenvalue weighted by atomic mass is 16.4. The van der Waals surface area contributed by atoms with E-state index in [1.165, 1.54) is 0 Å². The SMILES string of the molecule is N#Cc1ccc(-c2nnc(CN3CCC(O)c4ccccc4C3)o2)cc1. The van der Waals surface area contributed by atoms with Gasteiger partial charge < -0.3 is 9.52 Å². The summed E-state index contributed by atoms with van der Waals surface area (Å²) in [4.78, 5) is 2.20. The predicted molar refractivity (Wildman–Crippen MR) is 94.6 cm³/mol. The Labute approximate surface area is 151 Å². The quantitative estimate of drug-likeness (QED) is 0.784. The predicted octanol–water partition coefficient (Wildman–Crippen LogP) is 3.05. The topological polar surface area (TPSA) is 86.2 Å². The van der Waals surface area contributed by atoms with Crippen LogP contribution in [-0.4, -0.2) is 26.7 Å². The Bertz CT molecular complexity index is 943. The maximum atomic E-state index is 10.3. The zero-order valence-electron chi connectivity index (χ0n) is 14.2. The van der Waals surface area contributed by atoms with Gasteiger partial charge in [0.05, 0.1) is 24.3 Å². The van der Waals surface area contributed by atoms with Crippen molar-refractivity contribution in [2.24, 2.45) is 0 Å². The number of rotatable bonds is 3. The molecule has 130 valence electrons. The lowest BCUT2D eigenvalue weighted by atomic mass is 10.0. The summed E-state index contributed by atoms with van der Waals surface area (Å²) in [5.41, 5.74) is 3.51. The van der Waals surface area contributed by atoms with Crippen molar-refractivity contribution in [3.63, 3.8) is 0 Å². The number of aliphatic hydroxyl groups is 1. The molecule has 1 aromatic heterocycles. The molecule has 0 aliphatic carbocycles. The van der Waals surface area contributed by atoms with E-state index in [1.807, 2.05) is 24.3 Å². The molecule has 0 radical (unpaired) electrons. The van der Waals surface area contributed by atoms with Crippen LogP contribution in [0.4, 0.5) is 0 Å². The van der Waals surface area contributed by atoms with Crippen molar-refractivity contribution in [3.05, 3.63) is 71.1 Å². The van der Waals surface area contributed by atoms with Gasteiger partial charge >= 0.3 is 0 Å². The third kappa shape index (κ3) is 3.36. The van der Waals surface area contributed by atoms with Crippen LogP contribution < -0.4 is 0 Å². The van der Waals surface area contributed by atoms with E-state index in [0.29, 0.717) is 30.3 Å². The highest BCUT2D eigenvalue weighted by molar-refractivity contribution is 5.54. The first-order valence-corrected chi connectivity index (χ1v) is 8.54. The van der Waals surface area contributed by atoms with Crippen molar-refractivity contribution >= 4 is 0 Å². The summed E-state index contributed by atoms with van der Waals surface area (Å²) in [6.45, 7) is 2.02. The standard InChI is InChI=1S/C20H18N4O2/c21-11-14-5-7-15(8-6-14)20-23-22-19(26-20)13-24-10-9-18(25)17-4-2-1-3-16(17)12-24/h1-8,18,25H,9-10,12-13H2. The summed E-state index contributed by atoms with van der Waals surface area (Å²) in [5.74, 6) is 0.984. The molecule has 0 saturated carbocycles. The molecule has 1 aliphatic heterocycles. The highest BCUT2D eigenvalue weighted by Gasteiger charge is 2.22. The number of nitrogens with zero attached hydrogens (tertiary/aromatic N) is 4. The van der Waals surface area contributed by atoms with Crippen molar-refractivity contribution < 1.29 is 9.52 Å². The van der Waals surface area contributed by atoms with Gasteiger partial charge in [-0.05, 0) is 41.8 Å². The van der Waals surface area contributed by atoms with E-state index >= 15 is 0 Å². The lowest BCUT2D eigenvalue weighted by Gasteiger charge is -2.17. The number of benzene rings is 2. The zero-order valence-corrected chi connectivity index (χ0v) is 14.2. The molecule has 1 N–H and O–H groups in total. The van der Waals surface area contributed by atoms with Crippen LogP contribution in [0.3, 0.4) is 0 Å². The van der Waals surface area contributed by atoms with Crippen molar-refractivity contribution in [3.8, 4) is 17.5 Å². The number of fused-ring (bicyclic) bond motifs is 1. The summed E-state index contributed by atoms with van der Waals surface area (Å²) in [5, 5.41) is 27.5. The molecule has 3 aromatic rings. The molecule has 0 spiro atoms. The van der Waals surface area contributed by atoms with Crippen molar-refractivity contribution in [1.29, 1.82) is 5.26 Å². The van der Waals surface area contributed by atoms with Gasteiger partial charge in [-0.3, -0.25) is 4.90 Å². The average molecular weight is 346 g/mol. The lowest BCUT2D eigenvalue weighted by molar-refractivity contribution is 0.146. The number of aromatic nitrogens is 2. The molecule has 0 saturated heterocycles. The smallest absolute Gasteiger partial charge is 0.247 e. The first kappa shape index (κ1) is 16.5. The third-order valence-electron chi connectivity index (χ3n) is 4.61. The van der Waals surface area contributed by atoms with Gasteiger partial charge in [0.1, 0.15) is 0 Å². The summed E-state index contributed by atoms with van der Waals surface area (Å²) in [6.07, 6.45) is 0.237. The van der Waals surface area contributed by atoms with Gasteiger partial charge in [-0.1, -0.05) is 24.3 Å². The molecule has 2 heterocycles. The van der Waals surface area contributed by atoms with E-state index < -0.39 is 6.10 Å². The van der Waals surface area contributed by atoms with Crippen LogP contribution in [-0.2, 0) is 13.1 Å². The molecular formula is C20H18N4O2. The molecule has 0 bridgehead atoms. The van der Waals surface area contributed by atoms with Gasteiger partial charge in [-0.25, -0.2) is 0 Å². The second-order valence-electron chi connectivity index (χ2n) is 6.40. The van der Waals surface area contributed by atoms with Gasteiger partial charge in [0.2, 0.25) is 11.8 Å². The van der Waals surface area contributed by atoms with Gasteiger partial charge in [-0.15, -0.1) is 10.2 Å². The van der Waals surface area contributed by atoms with E-state index in [4.69, 9.17) is 9.68 Å². The normalized spacial score (nSPS) is 17.3. The van der Waals surface area contributed by atoms with Crippen molar-refractivity contribution in [2.45, 2.75) is 25.6 Å². The van der Waals surface area contributed by atoms with E-state index in [2.05, 4.69) is 21.2 Å². The second kappa shape index (κ2) is 7.08. The van der Waals surface area contributed by atoms with E-state index in [0.717, 1.165) is 29.8 Å². The first-order chi connectivity index (χ1) is 12.7. The molecule has 2 aromatic carbocycles. The van der Waals surface area contributed by atoms with E-state index in [-0.39, 0.29) is 0 Å². The van der Waals surface area contributed by atoms with Crippen molar-refractivity contribution in [1.82, 2.24) is 15.1 Å². The number of hydrogen-bond donors (Lipinski definition) is 1. The Morgan fingerprint density at radius 1 is 1.15 bits per heavy atom. The highest BCUT2D eigenvalue weighted by Crippen LogP contribution is 2.27. The first-order valence-electron chi connectivity index (χ1n) is 8.54. The molecule has 6 heteroatoms.